The van der Waals surface area contributed by atoms with E-state index in [1.807, 2.05) is 66.7 Å². The maximum atomic E-state index is 12.9. The number of para-hydroxylation sites is 1. The molecule has 0 aliphatic carbocycles. The van der Waals surface area contributed by atoms with Gasteiger partial charge < -0.3 is 15.4 Å². The van der Waals surface area contributed by atoms with Crippen LogP contribution in [-0.4, -0.2) is 16.8 Å². The third-order valence-corrected chi connectivity index (χ3v) is 4.98. The molecule has 0 fully saturated rings. The van der Waals surface area contributed by atoms with E-state index in [9.17, 15) is 9.59 Å². The molecule has 0 saturated heterocycles. The van der Waals surface area contributed by atoms with Gasteiger partial charge in [-0.2, -0.15) is 0 Å². The number of nitrogens with zero attached hydrogens (tertiary/aromatic N) is 1. The summed E-state index contributed by atoms with van der Waals surface area (Å²) in [6.45, 7) is 0.621. The van der Waals surface area contributed by atoms with Gasteiger partial charge in [0, 0.05) is 41.3 Å². The number of rotatable bonds is 8. The molecule has 0 unspecified atom stereocenters. The molecule has 4 rings (SSSR count). The van der Waals surface area contributed by atoms with Crippen molar-refractivity contribution in [1.82, 2.24) is 10.3 Å². The van der Waals surface area contributed by atoms with Crippen LogP contribution in [0, 0.1) is 0 Å². The Morgan fingerprint density at radius 2 is 1.55 bits per heavy atom. The summed E-state index contributed by atoms with van der Waals surface area (Å²) in [5, 5.41) is 5.81. The predicted molar refractivity (Wildman–Crippen MR) is 127 cm³/mol. The van der Waals surface area contributed by atoms with Crippen LogP contribution in [-0.2, 0) is 13.2 Å². The third kappa shape index (κ3) is 6.04. The van der Waals surface area contributed by atoms with Gasteiger partial charge in [0.2, 0.25) is 0 Å². The van der Waals surface area contributed by atoms with Gasteiger partial charge in [-0.1, -0.05) is 48.5 Å². The zero-order valence-corrected chi connectivity index (χ0v) is 17.9. The van der Waals surface area contributed by atoms with Gasteiger partial charge in [0.15, 0.2) is 0 Å². The van der Waals surface area contributed by atoms with Crippen molar-refractivity contribution in [2.24, 2.45) is 0 Å². The Balaban J connectivity index is 1.37. The quantitative estimate of drug-likeness (QED) is 0.413. The second kappa shape index (κ2) is 10.7. The van der Waals surface area contributed by atoms with Crippen molar-refractivity contribution < 1.29 is 14.3 Å². The van der Waals surface area contributed by atoms with Gasteiger partial charge >= 0.3 is 0 Å². The van der Waals surface area contributed by atoms with E-state index in [0.717, 1.165) is 16.9 Å². The number of amides is 2. The van der Waals surface area contributed by atoms with Gasteiger partial charge in [-0.25, -0.2) is 0 Å². The van der Waals surface area contributed by atoms with Crippen LogP contribution in [0.25, 0.3) is 0 Å². The minimum absolute atomic E-state index is 0.187. The molecule has 3 aromatic carbocycles. The van der Waals surface area contributed by atoms with Crippen LogP contribution in [0.5, 0.6) is 5.75 Å². The van der Waals surface area contributed by atoms with Crippen molar-refractivity contribution >= 4 is 17.5 Å². The molecule has 2 amide bonds. The maximum absolute atomic E-state index is 12.9. The van der Waals surface area contributed by atoms with Crippen molar-refractivity contribution in [3.8, 4) is 5.75 Å². The standard InChI is InChI=1S/C27H23N3O3/c31-26(21-13-15-28-16-14-21)30-23-9-6-7-20(17-23)18-29-27(32)25-12-5-4-8-22(25)19-33-24-10-2-1-3-11-24/h1-17H,18-19H2,(H,29,32)(H,30,31). The largest absolute Gasteiger partial charge is 0.489 e. The molecule has 4 aromatic rings. The highest BCUT2D eigenvalue weighted by atomic mass is 16.5. The molecule has 0 atom stereocenters. The summed E-state index contributed by atoms with van der Waals surface area (Å²) in [6, 6.07) is 27.5. The first-order chi connectivity index (χ1) is 16.2. The second-order valence-electron chi connectivity index (χ2n) is 7.33. The Hall–Kier alpha value is -4.45. The van der Waals surface area contributed by atoms with Gasteiger partial charge in [-0.15, -0.1) is 0 Å². The number of carbonyl (C=O) groups is 2. The van der Waals surface area contributed by atoms with E-state index in [4.69, 9.17) is 4.74 Å². The van der Waals surface area contributed by atoms with Crippen molar-refractivity contribution in [3.05, 3.63) is 126 Å². The van der Waals surface area contributed by atoms with E-state index in [2.05, 4.69) is 15.6 Å². The van der Waals surface area contributed by atoms with Gasteiger partial charge in [0.25, 0.3) is 11.8 Å². The second-order valence-corrected chi connectivity index (χ2v) is 7.33. The number of hydrogen-bond acceptors (Lipinski definition) is 4. The molecule has 6 nitrogen and oxygen atoms in total. The van der Waals surface area contributed by atoms with E-state index >= 15 is 0 Å². The topological polar surface area (TPSA) is 80.3 Å². The normalized spacial score (nSPS) is 10.3. The SMILES string of the molecule is O=C(Nc1cccc(CNC(=O)c2ccccc2COc2ccccc2)c1)c1ccncc1. The van der Waals surface area contributed by atoms with Gasteiger partial charge in [-0.3, -0.25) is 14.6 Å². The van der Waals surface area contributed by atoms with Crippen molar-refractivity contribution in [1.29, 1.82) is 0 Å². The molecule has 0 bridgehead atoms. The first-order valence-corrected chi connectivity index (χ1v) is 10.5. The van der Waals surface area contributed by atoms with Crippen molar-refractivity contribution in [2.45, 2.75) is 13.2 Å². The summed E-state index contributed by atoms with van der Waals surface area (Å²) in [4.78, 5) is 29.1. The minimum atomic E-state index is -0.217. The smallest absolute Gasteiger partial charge is 0.255 e. The fourth-order valence-corrected chi connectivity index (χ4v) is 3.29. The van der Waals surface area contributed by atoms with Crippen LogP contribution in [0.15, 0.2) is 103 Å². The highest BCUT2D eigenvalue weighted by molar-refractivity contribution is 6.04. The Bertz CT molecular complexity index is 1230. The molecule has 0 radical (unpaired) electrons. The number of carbonyl (C=O) groups excluding carboxylic acids is 2. The van der Waals surface area contributed by atoms with Crippen LogP contribution in [0.2, 0.25) is 0 Å². The number of nitrogens with one attached hydrogen (secondary N) is 2. The van der Waals surface area contributed by atoms with Crippen LogP contribution < -0.4 is 15.4 Å². The predicted octanol–water partition coefficient (Wildman–Crippen LogP) is 4.84. The van der Waals surface area contributed by atoms with Crippen LogP contribution in [0.3, 0.4) is 0 Å². The Morgan fingerprint density at radius 1 is 0.788 bits per heavy atom. The number of aromatic nitrogens is 1. The van der Waals surface area contributed by atoms with Crippen LogP contribution in [0.4, 0.5) is 5.69 Å². The third-order valence-electron chi connectivity index (χ3n) is 4.98. The number of benzene rings is 3. The van der Waals surface area contributed by atoms with E-state index < -0.39 is 0 Å². The van der Waals surface area contributed by atoms with Crippen LogP contribution >= 0.6 is 0 Å². The maximum Gasteiger partial charge on any atom is 0.255 e. The van der Waals surface area contributed by atoms with E-state index in [1.54, 1.807) is 36.7 Å². The molecule has 1 heterocycles. The molecular formula is C27H23N3O3. The van der Waals surface area contributed by atoms with Crippen molar-refractivity contribution in [3.63, 3.8) is 0 Å². The molecule has 0 aliphatic rings. The summed E-state index contributed by atoms with van der Waals surface area (Å²) >= 11 is 0. The fourth-order valence-electron chi connectivity index (χ4n) is 3.29. The highest BCUT2D eigenvalue weighted by Gasteiger charge is 2.12. The number of anilines is 1. The summed E-state index contributed by atoms with van der Waals surface area (Å²) in [5.74, 6) is 0.345. The molecule has 6 heteroatoms. The Kier molecular flexibility index (Phi) is 7.08. The average Bonchev–Trinajstić information content (AvgIpc) is 2.87. The van der Waals surface area contributed by atoms with E-state index in [0.29, 0.717) is 30.0 Å². The monoisotopic (exact) mass is 437 g/mol. The number of pyridine rings is 1. The summed E-state index contributed by atoms with van der Waals surface area (Å²) in [7, 11) is 0. The number of ether oxygens (including phenoxy) is 1. The first-order valence-electron chi connectivity index (χ1n) is 10.5. The Labute approximate surface area is 192 Å². The summed E-state index contributed by atoms with van der Waals surface area (Å²) < 4.78 is 5.81. The molecule has 0 aliphatic heterocycles. The molecule has 2 N–H and O–H groups in total. The zero-order valence-electron chi connectivity index (χ0n) is 17.9. The Morgan fingerprint density at radius 3 is 2.36 bits per heavy atom. The van der Waals surface area contributed by atoms with Crippen LogP contribution in [0.1, 0.15) is 31.8 Å². The molecule has 1 aromatic heterocycles. The lowest BCUT2D eigenvalue weighted by Gasteiger charge is -2.12. The molecule has 0 saturated carbocycles. The van der Waals surface area contributed by atoms with Gasteiger partial charge in [-0.05, 0) is 48.0 Å². The summed E-state index contributed by atoms with van der Waals surface area (Å²) in [5.41, 5.74) is 3.42. The van der Waals surface area contributed by atoms with E-state index in [-0.39, 0.29) is 11.8 Å². The number of hydrogen-bond donors (Lipinski definition) is 2. The van der Waals surface area contributed by atoms with E-state index in [1.165, 1.54) is 0 Å². The minimum Gasteiger partial charge on any atom is -0.489 e. The molecule has 164 valence electrons. The lowest BCUT2D eigenvalue weighted by Crippen LogP contribution is -2.24. The lowest BCUT2D eigenvalue weighted by molar-refractivity contribution is 0.0947. The molecular weight excluding hydrogens is 414 g/mol. The molecule has 33 heavy (non-hydrogen) atoms. The highest BCUT2D eigenvalue weighted by Crippen LogP contribution is 2.16. The summed E-state index contributed by atoms with van der Waals surface area (Å²) in [6.07, 6.45) is 3.15. The van der Waals surface area contributed by atoms with Gasteiger partial charge in [0.05, 0.1) is 0 Å². The molecule has 0 spiro atoms. The lowest BCUT2D eigenvalue weighted by atomic mass is 10.1. The first kappa shape index (κ1) is 21.8. The van der Waals surface area contributed by atoms with Crippen molar-refractivity contribution in [2.75, 3.05) is 5.32 Å². The zero-order chi connectivity index (χ0) is 22.9. The van der Waals surface area contributed by atoms with Gasteiger partial charge in [0.1, 0.15) is 12.4 Å². The average molecular weight is 437 g/mol. The fraction of sp³-hybridized carbons (Fsp3) is 0.0741.